The maximum absolute atomic E-state index is 12.4. The van der Waals surface area contributed by atoms with Gasteiger partial charge in [-0.25, -0.2) is 4.79 Å². The van der Waals surface area contributed by atoms with Gasteiger partial charge in [0.1, 0.15) is 5.75 Å². The minimum Gasteiger partial charge on any atom is -0.455 e. The number of rotatable bonds is 9. The predicted molar refractivity (Wildman–Crippen MR) is 127 cm³/mol. The van der Waals surface area contributed by atoms with E-state index in [0.717, 1.165) is 5.56 Å². The molecule has 0 aliphatic carbocycles. The first-order chi connectivity index (χ1) is 16.4. The average molecular weight is 483 g/mol. The van der Waals surface area contributed by atoms with E-state index in [9.17, 15) is 19.5 Å². The second-order valence-corrected chi connectivity index (χ2v) is 7.72. The summed E-state index contributed by atoms with van der Waals surface area (Å²) >= 11 is 6.05. The van der Waals surface area contributed by atoms with Gasteiger partial charge in [0.25, 0.3) is 11.8 Å². The van der Waals surface area contributed by atoms with E-state index in [-0.39, 0.29) is 5.69 Å². The van der Waals surface area contributed by atoms with Crippen LogP contribution in [0.5, 0.6) is 11.5 Å². The van der Waals surface area contributed by atoms with Gasteiger partial charge in [0, 0.05) is 10.6 Å². The quantitative estimate of drug-likeness (QED) is 0.401. The van der Waals surface area contributed by atoms with E-state index in [2.05, 4.69) is 10.6 Å². The Morgan fingerprint density at radius 1 is 1.00 bits per heavy atom. The highest BCUT2D eigenvalue weighted by molar-refractivity contribution is 6.31. The van der Waals surface area contributed by atoms with Crippen molar-refractivity contribution in [3.63, 3.8) is 0 Å². The van der Waals surface area contributed by atoms with Gasteiger partial charge < -0.3 is 25.2 Å². The number of carbonyl (C=O) groups excluding carboxylic acids is 3. The van der Waals surface area contributed by atoms with Crippen molar-refractivity contribution >= 4 is 35.1 Å². The summed E-state index contributed by atoms with van der Waals surface area (Å²) in [6.07, 6.45) is 0. The summed E-state index contributed by atoms with van der Waals surface area (Å²) in [5, 5.41) is 14.8. The molecule has 3 aromatic rings. The van der Waals surface area contributed by atoms with Gasteiger partial charge in [-0.1, -0.05) is 47.5 Å². The van der Waals surface area contributed by atoms with E-state index in [0.29, 0.717) is 22.1 Å². The molecule has 2 amide bonds. The third-order valence-electron chi connectivity index (χ3n) is 4.62. The van der Waals surface area contributed by atoms with Crippen LogP contribution in [-0.2, 0) is 14.3 Å². The van der Waals surface area contributed by atoms with E-state index >= 15 is 0 Å². The van der Waals surface area contributed by atoms with Gasteiger partial charge in [0.15, 0.2) is 18.4 Å². The number of ether oxygens (including phenoxy) is 2. The maximum Gasteiger partial charge on any atom is 0.331 e. The molecule has 0 fully saturated rings. The number of aryl methyl sites for hydroxylation is 1. The molecule has 0 spiro atoms. The van der Waals surface area contributed by atoms with Crippen LogP contribution in [0.15, 0.2) is 72.8 Å². The second kappa shape index (κ2) is 11.8. The zero-order chi connectivity index (χ0) is 24.5. The van der Waals surface area contributed by atoms with Gasteiger partial charge in [-0.05, 0) is 49.4 Å². The van der Waals surface area contributed by atoms with Crippen molar-refractivity contribution in [3.8, 4) is 11.5 Å². The molecule has 8 nitrogen and oxygen atoms in total. The molecule has 0 aromatic heterocycles. The Balaban J connectivity index is 1.58. The number of nitrogens with one attached hydrogen (secondary N) is 2. The second-order valence-electron chi connectivity index (χ2n) is 7.29. The maximum atomic E-state index is 12.4. The summed E-state index contributed by atoms with van der Waals surface area (Å²) < 4.78 is 10.8. The summed E-state index contributed by atoms with van der Waals surface area (Å²) in [5.74, 6) is -1.26. The topological polar surface area (TPSA) is 114 Å². The lowest BCUT2D eigenvalue weighted by atomic mass is 10.2. The van der Waals surface area contributed by atoms with Gasteiger partial charge in [-0.15, -0.1) is 0 Å². The Bertz CT molecular complexity index is 1150. The van der Waals surface area contributed by atoms with Crippen LogP contribution in [0.3, 0.4) is 0 Å². The van der Waals surface area contributed by atoms with Gasteiger partial charge in [0.2, 0.25) is 0 Å². The first-order valence-electron chi connectivity index (χ1n) is 10.3. The van der Waals surface area contributed by atoms with E-state index in [1.54, 1.807) is 54.6 Å². The molecule has 3 rings (SSSR count). The fraction of sp³-hybridized carbons (Fsp3) is 0.160. The SMILES string of the molecule is Cc1ccc(Oc2ccc(Cl)cc2NC(=O)COC(=O)C(CO)NC(=O)c2ccccc2)cc1. The number of hydrogen-bond donors (Lipinski definition) is 3. The summed E-state index contributed by atoms with van der Waals surface area (Å²) in [7, 11) is 0. The number of aliphatic hydroxyl groups excluding tert-OH is 1. The Kier molecular flexibility index (Phi) is 8.61. The summed E-state index contributed by atoms with van der Waals surface area (Å²) in [4.78, 5) is 36.9. The normalized spacial score (nSPS) is 11.3. The van der Waals surface area contributed by atoms with Crippen molar-refractivity contribution in [3.05, 3.63) is 88.9 Å². The lowest BCUT2D eigenvalue weighted by Crippen LogP contribution is -2.45. The molecule has 0 bridgehead atoms. The van der Waals surface area contributed by atoms with Crippen molar-refractivity contribution < 1.29 is 29.0 Å². The lowest BCUT2D eigenvalue weighted by Gasteiger charge is -2.16. The smallest absolute Gasteiger partial charge is 0.331 e. The Morgan fingerprint density at radius 2 is 1.71 bits per heavy atom. The zero-order valence-electron chi connectivity index (χ0n) is 18.3. The Morgan fingerprint density at radius 3 is 2.38 bits per heavy atom. The highest BCUT2D eigenvalue weighted by Gasteiger charge is 2.23. The van der Waals surface area contributed by atoms with E-state index in [1.165, 1.54) is 6.07 Å². The first-order valence-corrected chi connectivity index (χ1v) is 10.7. The van der Waals surface area contributed by atoms with Gasteiger partial charge in [-0.3, -0.25) is 9.59 Å². The number of hydrogen-bond acceptors (Lipinski definition) is 6. The highest BCUT2D eigenvalue weighted by Crippen LogP contribution is 2.32. The number of aliphatic hydroxyl groups is 1. The number of benzene rings is 3. The standard InChI is InChI=1S/C25H23ClN2O6/c1-16-7-10-19(11-8-16)34-22-12-9-18(26)13-20(22)27-23(30)15-33-25(32)21(14-29)28-24(31)17-5-3-2-4-6-17/h2-13,21,29H,14-15H2,1H3,(H,27,30)(H,28,31). The molecule has 0 saturated heterocycles. The van der Waals surface area contributed by atoms with Gasteiger partial charge in [-0.2, -0.15) is 0 Å². The molecular weight excluding hydrogens is 460 g/mol. The molecular formula is C25H23ClN2O6. The largest absolute Gasteiger partial charge is 0.455 e. The number of anilines is 1. The van der Waals surface area contributed by atoms with Gasteiger partial charge >= 0.3 is 5.97 Å². The fourth-order valence-electron chi connectivity index (χ4n) is 2.86. The third-order valence-corrected chi connectivity index (χ3v) is 4.85. The van der Waals surface area contributed by atoms with Crippen LogP contribution >= 0.6 is 11.6 Å². The molecule has 176 valence electrons. The monoisotopic (exact) mass is 482 g/mol. The van der Waals surface area contributed by atoms with Crippen LogP contribution in [0.2, 0.25) is 5.02 Å². The fourth-order valence-corrected chi connectivity index (χ4v) is 3.03. The number of esters is 1. The van der Waals surface area contributed by atoms with Crippen LogP contribution in [-0.4, -0.2) is 42.1 Å². The number of halogens is 1. The van der Waals surface area contributed by atoms with Crippen LogP contribution in [0.1, 0.15) is 15.9 Å². The molecule has 0 heterocycles. The van der Waals surface area contributed by atoms with E-state index in [1.807, 2.05) is 19.1 Å². The first kappa shape index (κ1) is 24.8. The van der Waals surface area contributed by atoms with Crippen LogP contribution < -0.4 is 15.4 Å². The van der Waals surface area contributed by atoms with Crippen molar-refractivity contribution in [1.82, 2.24) is 5.32 Å². The molecule has 0 aliphatic rings. The molecule has 9 heteroatoms. The van der Waals surface area contributed by atoms with Crippen molar-refractivity contribution in [2.24, 2.45) is 0 Å². The highest BCUT2D eigenvalue weighted by atomic mass is 35.5. The van der Waals surface area contributed by atoms with Crippen molar-refractivity contribution in [1.29, 1.82) is 0 Å². The predicted octanol–water partition coefficient (Wildman–Crippen LogP) is 3.71. The summed E-state index contributed by atoms with van der Waals surface area (Å²) in [6.45, 7) is 0.613. The summed E-state index contributed by atoms with van der Waals surface area (Å²) in [5.41, 5.74) is 1.67. The Labute approximate surface area is 201 Å². The third kappa shape index (κ3) is 7.06. The van der Waals surface area contributed by atoms with Gasteiger partial charge in [0.05, 0.1) is 12.3 Å². The summed E-state index contributed by atoms with van der Waals surface area (Å²) in [6, 6.07) is 18.9. The van der Waals surface area contributed by atoms with Crippen LogP contribution in [0.4, 0.5) is 5.69 Å². The van der Waals surface area contributed by atoms with Crippen molar-refractivity contribution in [2.75, 3.05) is 18.5 Å². The molecule has 1 unspecified atom stereocenters. The molecule has 3 N–H and O–H groups in total. The van der Waals surface area contributed by atoms with E-state index < -0.39 is 37.0 Å². The molecule has 1 atom stereocenters. The minimum absolute atomic E-state index is 0.283. The Hall–Kier alpha value is -3.88. The molecule has 3 aromatic carbocycles. The molecule has 34 heavy (non-hydrogen) atoms. The molecule has 0 radical (unpaired) electrons. The number of amides is 2. The minimum atomic E-state index is -1.33. The van der Waals surface area contributed by atoms with Crippen molar-refractivity contribution in [2.45, 2.75) is 13.0 Å². The number of carbonyl (C=O) groups is 3. The molecule has 0 saturated carbocycles. The van der Waals surface area contributed by atoms with Crippen LogP contribution in [0.25, 0.3) is 0 Å². The zero-order valence-corrected chi connectivity index (χ0v) is 19.0. The van der Waals surface area contributed by atoms with Crippen LogP contribution in [0, 0.1) is 6.92 Å². The van der Waals surface area contributed by atoms with E-state index in [4.69, 9.17) is 21.1 Å². The molecule has 0 aliphatic heterocycles. The lowest BCUT2D eigenvalue weighted by molar-refractivity contribution is -0.150. The average Bonchev–Trinajstić information content (AvgIpc) is 2.84.